The first-order valence-corrected chi connectivity index (χ1v) is 8.86. The van der Waals surface area contributed by atoms with Crippen molar-refractivity contribution in [2.75, 3.05) is 4.90 Å². The number of hydrogen-bond donors (Lipinski definition) is 0. The molecule has 1 unspecified atom stereocenters. The van der Waals surface area contributed by atoms with Gasteiger partial charge in [-0.1, -0.05) is 42.5 Å². The lowest BCUT2D eigenvalue weighted by Gasteiger charge is -2.27. The molecule has 110 valence electrons. The largest absolute Gasteiger partial charge is 0.310 e. The quantitative estimate of drug-likeness (QED) is 0.432. The van der Waals surface area contributed by atoms with Gasteiger partial charge in [-0.2, -0.15) is 0 Å². The van der Waals surface area contributed by atoms with Gasteiger partial charge < -0.3 is 4.90 Å². The third kappa shape index (κ3) is 1.91. The monoisotopic (exact) mass is 407 g/mol. The number of hydrogen-bond acceptors (Lipinski definition) is 1. The van der Waals surface area contributed by atoms with E-state index in [0.717, 1.165) is 0 Å². The molecule has 3 aliphatic rings. The fourth-order valence-electron chi connectivity index (χ4n) is 3.69. The molecule has 0 amide bonds. The predicted molar refractivity (Wildman–Crippen MR) is 105 cm³/mol. The molecule has 0 radical (unpaired) electrons. The Morgan fingerprint density at radius 2 is 1.52 bits per heavy atom. The van der Waals surface area contributed by atoms with E-state index in [1.165, 1.54) is 37.3 Å². The molecule has 1 aliphatic carbocycles. The molecule has 3 aromatic carbocycles. The molecule has 0 N–H and O–H groups in total. The van der Waals surface area contributed by atoms with Crippen molar-refractivity contribution >= 4 is 45.7 Å². The van der Waals surface area contributed by atoms with Gasteiger partial charge >= 0.3 is 0 Å². The van der Waals surface area contributed by atoms with Crippen LogP contribution in [-0.2, 0) is 0 Å². The molecule has 2 heteroatoms. The summed E-state index contributed by atoms with van der Waals surface area (Å²) in [4.78, 5) is 2.36. The Bertz CT molecular complexity index is 926. The maximum absolute atomic E-state index is 2.47. The molecular weight excluding hydrogens is 393 g/mol. The highest BCUT2D eigenvalue weighted by molar-refractivity contribution is 14.1. The molecule has 6 rings (SSSR count). The molecule has 1 atom stereocenters. The van der Waals surface area contributed by atoms with Crippen molar-refractivity contribution in [1.29, 1.82) is 0 Å². The molecule has 1 nitrogen and oxygen atoms in total. The molecule has 0 aromatic heterocycles. The lowest BCUT2D eigenvalue weighted by Crippen LogP contribution is -2.11. The third-order valence-electron chi connectivity index (χ3n) is 4.74. The molecule has 3 aromatic rings. The first kappa shape index (κ1) is 13.4. The Kier molecular flexibility index (Phi) is 2.89. The summed E-state index contributed by atoms with van der Waals surface area (Å²) in [5, 5.41) is 0. The lowest BCUT2D eigenvalue weighted by molar-refractivity contribution is 1.04. The fourth-order valence-corrected chi connectivity index (χ4v) is 4.49. The van der Waals surface area contributed by atoms with Gasteiger partial charge in [-0.3, -0.25) is 0 Å². The molecule has 23 heavy (non-hydrogen) atoms. The normalized spacial score (nSPS) is 17.1. The Morgan fingerprint density at radius 1 is 0.783 bits per heavy atom. The Morgan fingerprint density at radius 3 is 2.30 bits per heavy atom. The Balaban J connectivity index is 1.89. The van der Waals surface area contributed by atoms with E-state index >= 15 is 0 Å². The molecule has 2 heterocycles. The van der Waals surface area contributed by atoms with E-state index < -0.39 is 0 Å². The van der Waals surface area contributed by atoms with Crippen LogP contribution in [0.2, 0.25) is 0 Å². The summed E-state index contributed by atoms with van der Waals surface area (Å²) < 4.78 is 1.34. The van der Waals surface area contributed by atoms with Crippen LogP contribution in [0.5, 0.6) is 0 Å². The van der Waals surface area contributed by atoms with Crippen molar-refractivity contribution in [2.45, 2.75) is 5.92 Å². The van der Waals surface area contributed by atoms with Crippen LogP contribution in [0.3, 0.4) is 0 Å². The first-order chi connectivity index (χ1) is 11.3. The number of rotatable bonds is 1. The van der Waals surface area contributed by atoms with Gasteiger partial charge in [-0.15, -0.1) is 0 Å². The molecule has 6 bridgehead atoms. The maximum Gasteiger partial charge on any atom is 0.0537 e. The summed E-state index contributed by atoms with van der Waals surface area (Å²) in [6.07, 6.45) is 4.63. The van der Waals surface area contributed by atoms with Gasteiger partial charge in [0.1, 0.15) is 0 Å². The lowest BCUT2D eigenvalue weighted by atomic mass is 9.93. The second-order valence-electron chi connectivity index (χ2n) is 5.99. The standard InChI is InChI=1S/C21H14IN/c22-19-12-13-20-18-11-10-17(21(18)19)14-6-8-16(9-7-14)23(20)15-4-2-1-3-5-15/h1-13,17H. The minimum atomic E-state index is 0.377. The van der Waals surface area contributed by atoms with Gasteiger partial charge in [0.05, 0.1) is 5.69 Å². The molecule has 0 saturated heterocycles. The molecule has 0 spiro atoms. The van der Waals surface area contributed by atoms with Crippen LogP contribution in [0, 0.1) is 3.57 Å². The number of halogens is 1. The van der Waals surface area contributed by atoms with Crippen molar-refractivity contribution in [1.82, 2.24) is 0 Å². The van der Waals surface area contributed by atoms with Crippen molar-refractivity contribution < 1.29 is 0 Å². The number of para-hydroxylation sites is 1. The van der Waals surface area contributed by atoms with Crippen LogP contribution in [0.4, 0.5) is 17.1 Å². The molecule has 0 saturated carbocycles. The highest BCUT2D eigenvalue weighted by atomic mass is 127. The fraction of sp³-hybridized carbons (Fsp3) is 0.0476. The van der Waals surface area contributed by atoms with Crippen LogP contribution in [0.15, 0.2) is 72.8 Å². The summed E-state index contributed by atoms with van der Waals surface area (Å²) in [6.45, 7) is 0. The third-order valence-corrected chi connectivity index (χ3v) is 5.68. The minimum Gasteiger partial charge on any atom is -0.310 e. The number of allylic oxidation sites excluding steroid dienone is 1. The van der Waals surface area contributed by atoms with Gasteiger partial charge in [0.15, 0.2) is 0 Å². The smallest absolute Gasteiger partial charge is 0.0537 e. The summed E-state index contributed by atoms with van der Waals surface area (Å²) >= 11 is 2.47. The number of anilines is 3. The van der Waals surface area contributed by atoms with E-state index in [-0.39, 0.29) is 0 Å². The number of benzene rings is 3. The average molecular weight is 407 g/mol. The van der Waals surface area contributed by atoms with Gasteiger partial charge in [0, 0.05) is 26.4 Å². The summed E-state index contributed by atoms with van der Waals surface area (Å²) in [6, 6.07) is 24.1. The first-order valence-electron chi connectivity index (χ1n) is 7.79. The van der Waals surface area contributed by atoms with Gasteiger partial charge in [0.25, 0.3) is 0 Å². The number of fused-ring (bicyclic) bond motifs is 2. The zero-order valence-corrected chi connectivity index (χ0v) is 14.6. The summed E-state index contributed by atoms with van der Waals surface area (Å²) in [7, 11) is 0. The Hall–Kier alpha value is -2.07. The second kappa shape index (κ2) is 4.96. The molecule has 0 fully saturated rings. The Labute approximate surface area is 149 Å². The van der Waals surface area contributed by atoms with Gasteiger partial charge in [-0.25, -0.2) is 0 Å². The summed E-state index contributed by atoms with van der Waals surface area (Å²) in [5.41, 5.74) is 7.84. The zero-order chi connectivity index (χ0) is 15.4. The highest BCUT2D eigenvalue weighted by Crippen LogP contribution is 2.48. The second-order valence-corrected chi connectivity index (χ2v) is 7.16. The van der Waals surface area contributed by atoms with Gasteiger partial charge in [0.2, 0.25) is 0 Å². The van der Waals surface area contributed by atoms with Crippen LogP contribution >= 0.6 is 22.6 Å². The summed E-state index contributed by atoms with van der Waals surface area (Å²) in [5.74, 6) is 0.377. The van der Waals surface area contributed by atoms with Crippen molar-refractivity contribution in [2.24, 2.45) is 0 Å². The van der Waals surface area contributed by atoms with E-state index in [4.69, 9.17) is 0 Å². The average Bonchev–Trinajstić information content (AvgIpc) is 3.06. The van der Waals surface area contributed by atoms with Crippen LogP contribution < -0.4 is 4.90 Å². The van der Waals surface area contributed by atoms with Crippen molar-refractivity contribution in [3.63, 3.8) is 0 Å². The van der Waals surface area contributed by atoms with E-state index in [1.807, 2.05) is 0 Å². The minimum absolute atomic E-state index is 0.377. The van der Waals surface area contributed by atoms with E-state index in [2.05, 4.69) is 106 Å². The van der Waals surface area contributed by atoms with Crippen LogP contribution in [0.1, 0.15) is 22.6 Å². The zero-order valence-electron chi connectivity index (χ0n) is 12.4. The SMILES string of the molecule is Ic1ccc2c3c1C(C=C3)c1ccc(cc1)N2c1ccccc1. The van der Waals surface area contributed by atoms with Crippen molar-refractivity contribution in [3.8, 4) is 0 Å². The van der Waals surface area contributed by atoms with E-state index in [1.54, 1.807) is 0 Å². The van der Waals surface area contributed by atoms with E-state index in [9.17, 15) is 0 Å². The highest BCUT2D eigenvalue weighted by Gasteiger charge is 2.28. The van der Waals surface area contributed by atoms with E-state index in [0.29, 0.717) is 5.92 Å². The predicted octanol–water partition coefficient (Wildman–Crippen LogP) is 6.23. The topological polar surface area (TPSA) is 3.24 Å². The maximum atomic E-state index is 2.47. The molecule has 2 aliphatic heterocycles. The van der Waals surface area contributed by atoms with Gasteiger partial charge in [-0.05, 0) is 70.1 Å². The van der Waals surface area contributed by atoms with Crippen LogP contribution in [0.25, 0.3) is 6.08 Å². The number of nitrogens with zero attached hydrogens (tertiary/aromatic N) is 1. The van der Waals surface area contributed by atoms with Crippen LogP contribution in [-0.4, -0.2) is 0 Å². The molecular formula is C21H14IN. The van der Waals surface area contributed by atoms with Crippen molar-refractivity contribution in [3.05, 3.63) is 93.1 Å².